The van der Waals surface area contributed by atoms with Crippen LogP contribution in [0.25, 0.3) is 0 Å². The lowest BCUT2D eigenvalue weighted by Crippen LogP contribution is -2.19. The van der Waals surface area contributed by atoms with Crippen molar-refractivity contribution in [3.8, 4) is 0 Å². The topological polar surface area (TPSA) is 123 Å². The maximum Gasteiger partial charge on any atom is 0.411 e. The number of para-hydroxylation sites is 1. The van der Waals surface area contributed by atoms with E-state index in [0.29, 0.717) is 11.4 Å². The van der Waals surface area contributed by atoms with Crippen molar-refractivity contribution in [2.24, 2.45) is 0 Å². The third-order valence-electron chi connectivity index (χ3n) is 4.43. The minimum Gasteiger partial charge on any atom is -0.447 e. The third kappa shape index (κ3) is 6.77. The van der Waals surface area contributed by atoms with Gasteiger partial charge in [-0.15, -0.1) is 0 Å². The predicted octanol–water partition coefficient (Wildman–Crippen LogP) is 4.07. The normalized spacial score (nSPS) is 10.9. The number of carbonyl (C=O) groups is 2. The molecule has 0 saturated heterocycles. The Balaban J connectivity index is 1.73. The average molecular weight is 488 g/mol. The average Bonchev–Trinajstić information content (AvgIpc) is 2.80. The van der Waals surface area contributed by atoms with Gasteiger partial charge in [0.15, 0.2) is 0 Å². The second-order valence-electron chi connectivity index (χ2n) is 6.89. The van der Waals surface area contributed by atoms with Crippen LogP contribution in [0.3, 0.4) is 0 Å². The first-order chi connectivity index (χ1) is 16.3. The van der Waals surface area contributed by atoms with Gasteiger partial charge in [0.25, 0.3) is 15.9 Å². The van der Waals surface area contributed by atoms with Crippen LogP contribution in [0.4, 0.5) is 26.2 Å². The number of methoxy groups -OCH3 is 1. The molecule has 0 unspecified atom stereocenters. The highest BCUT2D eigenvalue weighted by atomic mass is 32.2. The van der Waals surface area contributed by atoms with Crippen LogP contribution >= 0.6 is 0 Å². The van der Waals surface area contributed by atoms with Gasteiger partial charge in [0, 0.05) is 18.5 Å². The fraction of sp³-hybridized carbons (Fsp3) is 0.130. The van der Waals surface area contributed by atoms with Crippen LogP contribution in [0.15, 0.2) is 77.7 Å². The fourth-order valence-electron chi connectivity index (χ4n) is 2.83. The van der Waals surface area contributed by atoms with Gasteiger partial charge in [0.05, 0.1) is 22.8 Å². The van der Waals surface area contributed by atoms with Crippen LogP contribution in [0, 0.1) is 5.82 Å². The number of hydrogen-bond acceptors (Lipinski definition) is 6. The molecule has 0 aliphatic heterocycles. The number of anilines is 3. The van der Waals surface area contributed by atoms with Crippen LogP contribution < -0.4 is 15.4 Å². The highest BCUT2D eigenvalue weighted by Gasteiger charge is 2.19. The Labute approximate surface area is 195 Å². The summed E-state index contributed by atoms with van der Waals surface area (Å²) in [6, 6.07) is 16.7. The van der Waals surface area contributed by atoms with E-state index in [1.807, 2.05) is 0 Å². The van der Waals surface area contributed by atoms with E-state index in [1.54, 1.807) is 30.3 Å². The van der Waals surface area contributed by atoms with E-state index in [9.17, 15) is 22.4 Å². The number of nitrogens with one attached hydrogen (secondary N) is 3. The molecular weight excluding hydrogens is 465 g/mol. The maximum absolute atomic E-state index is 13.1. The Morgan fingerprint density at radius 2 is 1.56 bits per heavy atom. The van der Waals surface area contributed by atoms with Gasteiger partial charge in [-0.05, 0) is 54.6 Å². The number of carbonyl (C=O) groups excluding carboxylic acids is 2. The first-order valence-corrected chi connectivity index (χ1v) is 11.5. The molecule has 178 valence electrons. The van der Waals surface area contributed by atoms with E-state index >= 15 is 0 Å². The second kappa shape index (κ2) is 11.3. The summed E-state index contributed by atoms with van der Waals surface area (Å²) >= 11 is 0. The quantitative estimate of drug-likeness (QED) is 0.391. The molecule has 3 aromatic carbocycles. The molecule has 0 heterocycles. The van der Waals surface area contributed by atoms with Crippen LogP contribution in [0.1, 0.15) is 10.4 Å². The molecule has 9 nitrogen and oxygen atoms in total. The van der Waals surface area contributed by atoms with Crippen molar-refractivity contribution < 1.29 is 31.9 Å². The van der Waals surface area contributed by atoms with Gasteiger partial charge in [-0.25, -0.2) is 17.6 Å². The highest BCUT2D eigenvalue weighted by molar-refractivity contribution is 7.92. The van der Waals surface area contributed by atoms with Crippen molar-refractivity contribution in [2.45, 2.75) is 4.90 Å². The highest BCUT2D eigenvalue weighted by Crippen LogP contribution is 2.23. The Bertz CT molecular complexity index is 1270. The maximum atomic E-state index is 13.1. The van der Waals surface area contributed by atoms with Crippen LogP contribution in [0.2, 0.25) is 0 Å². The van der Waals surface area contributed by atoms with Crippen molar-refractivity contribution in [2.75, 3.05) is 35.7 Å². The molecule has 3 rings (SSSR count). The molecule has 3 N–H and O–H groups in total. The molecule has 34 heavy (non-hydrogen) atoms. The number of amides is 2. The first kappa shape index (κ1) is 24.7. The van der Waals surface area contributed by atoms with Gasteiger partial charge in [-0.2, -0.15) is 0 Å². The van der Waals surface area contributed by atoms with Crippen LogP contribution in [-0.4, -0.2) is 40.7 Å². The predicted molar refractivity (Wildman–Crippen MR) is 125 cm³/mol. The fourth-order valence-corrected chi connectivity index (χ4v) is 3.91. The van der Waals surface area contributed by atoms with Gasteiger partial charge in [-0.3, -0.25) is 14.8 Å². The van der Waals surface area contributed by atoms with E-state index in [0.717, 1.165) is 24.3 Å². The van der Waals surface area contributed by atoms with Crippen molar-refractivity contribution in [3.05, 3.63) is 84.2 Å². The van der Waals surface area contributed by atoms with Crippen LogP contribution in [0.5, 0.6) is 0 Å². The molecule has 11 heteroatoms. The molecule has 0 radical (unpaired) electrons. The Hall–Kier alpha value is -3.96. The Morgan fingerprint density at radius 3 is 2.26 bits per heavy atom. The molecule has 3 aromatic rings. The standard InChI is InChI=1S/C23H22FN3O6S/c1-32-13-14-33-23(29)26-18-6-4-5-17(15-18)25-22(28)20-7-2-3-8-21(20)27-34(30,31)19-11-9-16(24)10-12-19/h2-12,15,27H,13-14H2,1H3,(H,25,28)(H,26,29). The molecule has 0 fully saturated rings. The molecule has 0 saturated carbocycles. The molecule has 0 aliphatic carbocycles. The SMILES string of the molecule is COCCOC(=O)Nc1cccc(NC(=O)c2ccccc2NS(=O)(=O)c2ccc(F)cc2)c1. The molecule has 0 spiro atoms. The number of ether oxygens (including phenoxy) is 2. The number of benzene rings is 3. The van der Waals surface area contributed by atoms with Crippen molar-refractivity contribution in [1.29, 1.82) is 0 Å². The second-order valence-corrected chi connectivity index (χ2v) is 8.58. The molecule has 0 bridgehead atoms. The summed E-state index contributed by atoms with van der Waals surface area (Å²) in [5.41, 5.74) is 0.840. The van der Waals surface area contributed by atoms with Gasteiger partial charge in [-0.1, -0.05) is 18.2 Å². The smallest absolute Gasteiger partial charge is 0.411 e. The number of halogens is 1. The Morgan fingerprint density at radius 1 is 0.882 bits per heavy atom. The van der Waals surface area contributed by atoms with E-state index < -0.39 is 27.8 Å². The zero-order valence-corrected chi connectivity index (χ0v) is 18.9. The largest absolute Gasteiger partial charge is 0.447 e. The Kier molecular flexibility index (Phi) is 8.17. The lowest BCUT2D eigenvalue weighted by atomic mass is 10.1. The third-order valence-corrected chi connectivity index (χ3v) is 5.81. The summed E-state index contributed by atoms with van der Waals surface area (Å²) in [7, 11) is -2.57. The molecular formula is C23H22FN3O6S. The van der Waals surface area contributed by atoms with Gasteiger partial charge < -0.3 is 14.8 Å². The van der Waals surface area contributed by atoms with Gasteiger partial charge >= 0.3 is 6.09 Å². The molecule has 0 aromatic heterocycles. The lowest BCUT2D eigenvalue weighted by Gasteiger charge is -2.13. The van der Waals surface area contributed by atoms with Crippen molar-refractivity contribution >= 4 is 39.1 Å². The van der Waals surface area contributed by atoms with Gasteiger partial charge in [0.2, 0.25) is 0 Å². The molecule has 0 atom stereocenters. The summed E-state index contributed by atoms with van der Waals surface area (Å²) in [6.45, 7) is 0.344. The zero-order chi connectivity index (χ0) is 24.6. The van der Waals surface area contributed by atoms with Crippen LogP contribution in [-0.2, 0) is 19.5 Å². The number of rotatable bonds is 9. The first-order valence-electron chi connectivity index (χ1n) is 10.00. The van der Waals surface area contributed by atoms with Crippen molar-refractivity contribution in [1.82, 2.24) is 0 Å². The summed E-state index contributed by atoms with van der Waals surface area (Å²) in [5.74, 6) is -1.16. The molecule has 0 aliphatic rings. The number of sulfonamides is 1. The summed E-state index contributed by atoms with van der Waals surface area (Å²) in [6.07, 6.45) is -0.680. The zero-order valence-electron chi connectivity index (χ0n) is 18.1. The van der Waals surface area contributed by atoms with E-state index in [-0.39, 0.29) is 29.4 Å². The van der Waals surface area contributed by atoms with E-state index in [4.69, 9.17) is 9.47 Å². The summed E-state index contributed by atoms with van der Waals surface area (Å²) < 4.78 is 50.6. The lowest BCUT2D eigenvalue weighted by molar-refractivity contribution is 0.102. The van der Waals surface area contributed by atoms with Crippen molar-refractivity contribution in [3.63, 3.8) is 0 Å². The number of hydrogen-bond donors (Lipinski definition) is 3. The monoisotopic (exact) mass is 487 g/mol. The van der Waals surface area contributed by atoms with Gasteiger partial charge in [0.1, 0.15) is 12.4 Å². The minimum absolute atomic E-state index is 0.0420. The molecule has 2 amide bonds. The van der Waals surface area contributed by atoms with E-state index in [2.05, 4.69) is 15.4 Å². The summed E-state index contributed by atoms with van der Waals surface area (Å²) in [4.78, 5) is 24.5. The van der Waals surface area contributed by atoms with E-state index in [1.165, 1.54) is 25.3 Å². The minimum atomic E-state index is -4.06. The summed E-state index contributed by atoms with van der Waals surface area (Å²) in [5, 5.41) is 5.19.